The van der Waals surface area contributed by atoms with E-state index in [9.17, 15) is 15.3 Å². The van der Waals surface area contributed by atoms with Crippen LogP contribution in [0.4, 0.5) is 0 Å². The van der Waals surface area contributed by atoms with Crippen molar-refractivity contribution in [2.24, 2.45) is 0 Å². The molecule has 2 aromatic carbocycles. The van der Waals surface area contributed by atoms with Crippen molar-refractivity contribution in [3.05, 3.63) is 59.7 Å². The van der Waals surface area contributed by atoms with Crippen LogP contribution in [0.5, 0.6) is 11.5 Å². The maximum Gasteiger partial charge on any atom is 0.332 e. The highest BCUT2D eigenvalue weighted by atomic mass is 16.8. The third-order valence-electron chi connectivity index (χ3n) is 3.69. The summed E-state index contributed by atoms with van der Waals surface area (Å²) in [5.41, 5.74) is 1.07. The van der Waals surface area contributed by atoms with Crippen molar-refractivity contribution in [2.75, 3.05) is 7.11 Å². The molecule has 0 fully saturated rings. The number of benzene rings is 2. The highest BCUT2D eigenvalue weighted by Crippen LogP contribution is 2.46. The smallest absolute Gasteiger partial charge is 0.332 e. The van der Waals surface area contributed by atoms with Crippen LogP contribution in [-0.4, -0.2) is 28.4 Å². The number of hydrogen-bond donors (Lipinski definition) is 3. The van der Waals surface area contributed by atoms with E-state index in [1.165, 1.54) is 0 Å². The molecule has 2 unspecified atom stereocenters. The summed E-state index contributed by atoms with van der Waals surface area (Å²) in [5.74, 6) is -2.59. The number of aliphatic hydroxyl groups is 3. The van der Waals surface area contributed by atoms with Crippen LogP contribution in [0.3, 0.4) is 0 Å². The van der Waals surface area contributed by atoms with E-state index in [0.29, 0.717) is 16.9 Å². The van der Waals surface area contributed by atoms with E-state index in [0.717, 1.165) is 0 Å². The molecular weight excluding hydrogens is 272 g/mol. The van der Waals surface area contributed by atoms with Gasteiger partial charge in [-0.05, 0) is 23.8 Å². The van der Waals surface area contributed by atoms with Gasteiger partial charge in [0.1, 0.15) is 17.4 Å². The van der Waals surface area contributed by atoms with E-state index in [2.05, 4.69) is 0 Å². The lowest BCUT2D eigenvalue weighted by atomic mass is 9.84. The van der Waals surface area contributed by atoms with Crippen LogP contribution in [0.1, 0.15) is 23.1 Å². The molecule has 0 spiro atoms. The van der Waals surface area contributed by atoms with Crippen molar-refractivity contribution >= 4 is 0 Å². The van der Waals surface area contributed by atoms with E-state index in [-0.39, 0.29) is 5.75 Å². The average Bonchev–Trinajstić information content (AvgIpc) is 2.47. The Labute approximate surface area is 122 Å². The molecule has 1 aliphatic heterocycles. The minimum Gasteiger partial charge on any atom is -0.497 e. The monoisotopic (exact) mass is 288 g/mol. The summed E-state index contributed by atoms with van der Waals surface area (Å²) in [7, 11) is 1.55. The average molecular weight is 288 g/mol. The van der Waals surface area contributed by atoms with Gasteiger partial charge in [0, 0.05) is 5.56 Å². The number of fused-ring (bicyclic) bond motifs is 1. The Morgan fingerprint density at radius 1 is 1.05 bits per heavy atom. The molecule has 21 heavy (non-hydrogen) atoms. The third kappa shape index (κ3) is 2.35. The van der Waals surface area contributed by atoms with Gasteiger partial charge in [-0.1, -0.05) is 30.3 Å². The van der Waals surface area contributed by atoms with E-state index in [4.69, 9.17) is 9.47 Å². The van der Waals surface area contributed by atoms with Crippen LogP contribution in [0, 0.1) is 0 Å². The predicted octanol–water partition coefficient (Wildman–Crippen LogP) is 1.54. The summed E-state index contributed by atoms with van der Waals surface area (Å²) in [4.78, 5) is 0. The fourth-order valence-corrected chi connectivity index (χ4v) is 2.64. The van der Waals surface area contributed by atoms with Gasteiger partial charge >= 0.3 is 5.97 Å². The number of para-hydroxylation sites is 1. The Kier molecular flexibility index (Phi) is 3.33. The molecule has 3 N–H and O–H groups in total. The van der Waals surface area contributed by atoms with Crippen LogP contribution in [0.2, 0.25) is 0 Å². The molecule has 2 atom stereocenters. The number of rotatable bonds is 2. The molecule has 2 aromatic rings. The summed E-state index contributed by atoms with van der Waals surface area (Å²) in [6.45, 7) is 0. The standard InChI is InChI=1S/C16H16O5/c1-20-11-8-6-10(7-9-11)14-15(17)12-4-2-3-5-13(12)21-16(14,18)19/h2-9,14-15,17-19H,1H3. The molecule has 5 nitrogen and oxygen atoms in total. The minimum atomic E-state index is -2.48. The lowest BCUT2D eigenvalue weighted by molar-refractivity contribution is -0.325. The first-order valence-electron chi connectivity index (χ1n) is 6.57. The molecule has 0 saturated heterocycles. The zero-order valence-electron chi connectivity index (χ0n) is 11.4. The van der Waals surface area contributed by atoms with Gasteiger partial charge in [0.15, 0.2) is 0 Å². The van der Waals surface area contributed by atoms with Gasteiger partial charge in [0.25, 0.3) is 0 Å². The Bertz CT molecular complexity index is 635. The van der Waals surface area contributed by atoms with Gasteiger partial charge in [-0.3, -0.25) is 0 Å². The number of methoxy groups -OCH3 is 1. The highest BCUT2D eigenvalue weighted by molar-refractivity contribution is 5.42. The summed E-state index contributed by atoms with van der Waals surface area (Å²) < 4.78 is 10.3. The second kappa shape index (κ2) is 5.04. The zero-order valence-corrected chi connectivity index (χ0v) is 11.4. The molecule has 1 aliphatic rings. The van der Waals surface area contributed by atoms with Crippen molar-refractivity contribution in [3.63, 3.8) is 0 Å². The Morgan fingerprint density at radius 2 is 1.71 bits per heavy atom. The summed E-state index contributed by atoms with van der Waals surface area (Å²) >= 11 is 0. The number of hydrogen-bond acceptors (Lipinski definition) is 5. The van der Waals surface area contributed by atoms with Gasteiger partial charge in [-0.15, -0.1) is 0 Å². The molecule has 1 heterocycles. The van der Waals surface area contributed by atoms with Crippen LogP contribution < -0.4 is 9.47 Å². The summed E-state index contributed by atoms with van der Waals surface area (Å²) in [6, 6.07) is 13.5. The number of ether oxygens (including phenoxy) is 2. The molecule has 3 rings (SSSR count). The first kappa shape index (κ1) is 13.9. The van der Waals surface area contributed by atoms with Gasteiger partial charge < -0.3 is 24.8 Å². The zero-order chi connectivity index (χ0) is 15.0. The van der Waals surface area contributed by atoms with Gasteiger partial charge in [0.2, 0.25) is 0 Å². The van der Waals surface area contributed by atoms with Crippen LogP contribution in [-0.2, 0) is 0 Å². The Hall–Kier alpha value is -2.08. The molecule has 0 aromatic heterocycles. The Balaban J connectivity index is 2.04. The van der Waals surface area contributed by atoms with Gasteiger partial charge in [-0.2, -0.15) is 0 Å². The van der Waals surface area contributed by atoms with Crippen molar-refractivity contribution in [1.82, 2.24) is 0 Å². The first-order chi connectivity index (χ1) is 10.0. The van der Waals surface area contributed by atoms with Gasteiger partial charge in [-0.25, -0.2) is 0 Å². The second-order valence-electron chi connectivity index (χ2n) is 4.99. The van der Waals surface area contributed by atoms with E-state index >= 15 is 0 Å². The van der Waals surface area contributed by atoms with Crippen molar-refractivity contribution in [1.29, 1.82) is 0 Å². The molecule has 0 radical (unpaired) electrons. The highest BCUT2D eigenvalue weighted by Gasteiger charge is 2.48. The quantitative estimate of drug-likeness (QED) is 0.731. The predicted molar refractivity (Wildman–Crippen MR) is 74.9 cm³/mol. The summed E-state index contributed by atoms with van der Waals surface area (Å²) in [6.07, 6.45) is -1.08. The van der Waals surface area contributed by atoms with E-state index < -0.39 is 18.0 Å². The normalized spacial score (nSPS) is 23.0. The second-order valence-corrected chi connectivity index (χ2v) is 4.99. The first-order valence-corrected chi connectivity index (χ1v) is 6.57. The van der Waals surface area contributed by atoms with Crippen molar-refractivity contribution in [3.8, 4) is 11.5 Å². The van der Waals surface area contributed by atoms with E-state index in [1.54, 1.807) is 55.6 Å². The SMILES string of the molecule is COc1ccc(C2C(O)c3ccccc3OC2(O)O)cc1. The maximum atomic E-state index is 10.5. The summed E-state index contributed by atoms with van der Waals surface area (Å²) in [5, 5.41) is 30.9. The Morgan fingerprint density at radius 3 is 2.38 bits per heavy atom. The number of aliphatic hydroxyl groups excluding tert-OH is 1. The van der Waals surface area contributed by atoms with Crippen molar-refractivity contribution in [2.45, 2.75) is 18.0 Å². The largest absolute Gasteiger partial charge is 0.497 e. The molecule has 5 heteroatoms. The topological polar surface area (TPSA) is 79.2 Å². The third-order valence-corrected chi connectivity index (χ3v) is 3.69. The van der Waals surface area contributed by atoms with Crippen LogP contribution >= 0.6 is 0 Å². The van der Waals surface area contributed by atoms with Crippen LogP contribution in [0.25, 0.3) is 0 Å². The molecule has 0 aliphatic carbocycles. The van der Waals surface area contributed by atoms with E-state index in [1.807, 2.05) is 0 Å². The molecular formula is C16H16O5. The lowest BCUT2D eigenvalue weighted by Gasteiger charge is -2.39. The molecule has 110 valence electrons. The van der Waals surface area contributed by atoms with Gasteiger partial charge in [0.05, 0.1) is 13.2 Å². The fourth-order valence-electron chi connectivity index (χ4n) is 2.64. The molecule has 0 bridgehead atoms. The maximum absolute atomic E-state index is 10.5. The lowest BCUT2D eigenvalue weighted by Crippen LogP contribution is -2.47. The van der Waals surface area contributed by atoms with Crippen LogP contribution in [0.15, 0.2) is 48.5 Å². The molecule has 0 amide bonds. The van der Waals surface area contributed by atoms with Crippen molar-refractivity contribution < 1.29 is 24.8 Å². The molecule has 0 saturated carbocycles. The minimum absolute atomic E-state index is 0.264. The fraction of sp³-hybridized carbons (Fsp3) is 0.250.